The second-order valence-electron chi connectivity index (χ2n) is 6.26. The Bertz CT molecular complexity index is 246. The molecule has 1 aliphatic rings. The number of aliphatic hydroxyl groups is 1. The number of likely N-dealkylation sites (tertiary alicyclic amines) is 1. The fraction of sp³-hybridized carbons (Fsp3) is 1.00. The Morgan fingerprint density at radius 1 is 1.15 bits per heavy atom. The van der Waals surface area contributed by atoms with Crippen molar-refractivity contribution in [2.45, 2.75) is 58.7 Å². The smallest absolute Gasteiger partial charge is 0.0900 e. The summed E-state index contributed by atoms with van der Waals surface area (Å²) in [5.74, 6) is 0. The first kappa shape index (κ1) is 17.9. The van der Waals surface area contributed by atoms with E-state index in [1.165, 1.54) is 25.7 Å². The van der Waals surface area contributed by atoms with Crippen molar-refractivity contribution in [1.29, 1.82) is 0 Å². The van der Waals surface area contributed by atoms with Crippen LogP contribution in [0.4, 0.5) is 0 Å². The van der Waals surface area contributed by atoms with Gasteiger partial charge in [-0.05, 0) is 38.3 Å². The van der Waals surface area contributed by atoms with Crippen LogP contribution in [0, 0.1) is 5.41 Å². The molecule has 0 spiro atoms. The van der Waals surface area contributed by atoms with Crippen LogP contribution in [0.25, 0.3) is 0 Å². The molecule has 0 aliphatic carbocycles. The van der Waals surface area contributed by atoms with Crippen molar-refractivity contribution < 1.29 is 14.6 Å². The van der Waals surface area contributed by atoms with Gasteiger partial charge in [-0.3, -0.25) is 0 Å². The highest BCUT2D eigenvalue weighted by atomic mass is 16.5. The van der Waals surface area contributed by atoms with Gasteiger partial charge in [-0.1, -0.05) is 26.7 Å². The molecule has 0 bridgehead atoms. The molecule has 0 radical (unpaired) electrons. The number of ether oxygens (including phenoxy) is 2. The normalized spacial score (nSPS) is 22.6. The predicted molar refractivity (Wildman–Crippen MR) is 82.0 cm³/mol. The van der Waals surface area contributed by atoms with E-state index in [4.69, 9.17) is 9.47 Å². The van der Waals surface area contributed by atoms with E-state index in [2.05, 4.69) is 18.7 Å². The molecule has 1 N–H and O–H groups in total. The molecule has 1 aliphatic heterocycles. The topological polar surface area (TPSA) is 41.9 Å². The Morgan fingerprint density at radius 3 is 2.25 bits per heavy atom. The highest BCUT2D eigenvalue weighted by molar-refractivity contribution is 4.84. The van der Waals surface area contributed by atoms with Crippen LogP contribution in [0.5, 0.6) is 0 Å². The molecule has 0 aromatic heterocycles. The number of methoxy groups -OCH3 is 1. The summed E-state index contributed by atoms with van der Waals surface area (Å²) in [6.07, 6.45) is 4.71. The first-order valence-electron chi connectivity index (χ1n) is 8.06. The molecule has 1 rings (SSSR count). The monoisotopic (exact) mass is 287 g/mol. The van der Waals surface area contributed by atoms with Crippen molar-refractivity contribution in [3.8, 4) is 0 Å². The largest absolute Gasteiger partial charge is 0.389 e. The number of piperidine rings is 1. The standard InChI is InChI=1S/C16H33NO3/c1-5-16(6-2)7-9-17(10-8-16)11-15(18)13-20-14(3)12-19-4/h14-15,18H,5-13H2,1-4H3. The van der Waals surface area contributed by atoms with Gasteiger partial charge in [0.25, 0.3) is 0 Å². The molecule has 4 nitrogen and oxygen atoms in total. The van der Waals surface area contributed by atoms with E-state index in [1.807, 2.05) is 6.92 Å². The minimum absolute atomic E-state index is 0.0452. The van der Waals surface area contributed by atoms with Gasteiger partial charge < -0.3 is 19.5 Å². The Labute approximate surface area is 124 Å². The second-order valence-corrected chi connectivity index (χ2v) is 6.26. The van der Waals surface area contributed by atoms with Gasteiger partial charge in [0.05, 0.1) is 25.4 Å². The third-order valence-electron chi connectivity index (χ3n) is 4.86. The van der Waals surface area contributed by atoms with Gasteiger partial charge in [0.2, 0.25) is 0 Å². The lowest BCUT2D eigenvalue weighted by Crippen LogP contribution is -2.44. The fourth-order valence-electron chi connectivity index (χ4n) is 3.08. The number of aliphatic hydroxyl groups excluding tert-OH is 1. The zero-order valence-electron chi connectivity index (χ0n) is 13.7. The molecule has 1 fully saturated rings. The number of hydrogen-bond donors (Lipinski definition) is 1. The minimum atomic E-state index is -0.398. The van der Waals surface area contributed by atoms with E-state index in [-0.39, 0.29) is 6.10 Å². The van der Waals surface area contributed by atoms with Crippen molar-refractivity contribution >= 4 is 0 Å². The SMILES string of the molecule is CCC1(CC)CCN(CC(O)COC(C)COC)CC1. The highest BCUT2D eigenvalue weighted by Gasteiger charge is 2.31. The Kier molecular flexibility index (Phi) is 8.03. The quantitative estimate of drug-likeness (QED) is 0.706. The third-order valence-corrected chi connectivity index (χ3v) is 4.86. The lowest BCUT2D eigenvalue weighted by atomic mass is 9.74. The van der Waals surface area contributed by atoms with E-state index < -0.39 is 6.10 Å². The summed E-state index contributed by atoms with van der Waals surface area (Å²) in [5.41, 5.74) is 0.547. The molecule has 0 aromatic rings. The molecule has 1 saturated heterocycles. The summed E-state index contributed by atoms with van der Waals surface area (Å²) < 4.78 is 10.6. The summed E-state index contributed by atoms with van der Waals surface area (Å²) in [4.78, 5) is 2.37. The Balaban J connectivity index is 2.22. The molecule has 1 heterocycles. The first-order chi connectivity index (χ1) is 9.55. The summed E-state index contributed by atoms with van der Waals surface area (Å²) >= 11 is 0. The molecule has 0 saturated carbocycles. The maximum absolute atomic E-state index is 10.1. The average molecular weight is 287 g/mol. The number of β-amino-alcohol motifs (C(OH)–C–C–N with tert-alkyl or cyclic N) is 1. The number of hydrogen-bond acceptors (Lipinski definition) is 4. The molecule has 0 amide bonds. The van der Waals surface area contributed by atoms with Crippen molar-refractivity contribution in [3.63, 3.8) is 0 Å². The molecule has 4 heteroatoms. The first-order valence-corrected chi connectivity index (χ1v) is 8.06. The maximum atomic E-state index is 10.1. The third kappa shape index (κ3) is 5.68. The number of nitrogens with zero attached hydrogens (tertiary/aromatic N) is 1. The van der Waals surface area contributed by atoms with Gasteiger partial charge in [0.15, 0.2) is 0 Å². The molecule has 2 unspecified atom stereocenters. The molecule has 2 atom stereocenters. The van der Waals surface area contributed by atoms with Crippen molar-refractivity contribution in [3.05, 3.63) is 0 Å². The lowest BCUT2D eigenvalue weighted by molar-refractivity contribution is -0.0443. The van der Waals surface area contributed by atoms with Crippen LogP contribution in [-0.2, 0) is 9.47 Å². The summed E-state index contributed by atoms with van der Waals surface area (Å²) in [6, 6.07) is 0. The molecular formula is C16H33NO3. The van der Waals surface area contributed by atoms with Gasteiger partial charge in [0.1, 0.15) is 0 Å². The molecule has 20 heavy (non-hydrogen) atoms. The van der Waals surface area contributed by atoms with E-state index in [0.29, 0.717) is 18.6 Å². The van der Waals surface area contributed by atoms with Gasteiger partial charge >= 0.3 is 0 Å². The Hall–Kier alpha value is -0.160. The van der Waals surface area contributed by atoms with E-state index >= 15 is 0 Å². The van der Waals surface area contributed by atoms with Crippen molar-refractivity contribution in [2.75, 3.05) is 40.0 Å². The summed E-state index contributed by atoms with van der Waals surface area (Å²) in [5, 5.41) is 10.1. The molecule has 120 valence electrons. The fourth-order valence-corrected chi connectivity index (χ4v) is 3.08. The average Bonchev–Trinajstić information content (AvgIpc) is 2.47. The van der Waals surface area contributed by atoms with Gasteiger partial charge in [-0.15, -0.1) is 0 Å². The number of rotatable bonds is 9. The van der Waals surface area contributed by atoms with Crippen molar-refractivity contribution in [1.82, 2.24) is 4.90 Å². The highest BCUT2D eigenvalue weighted by Crippen LogP contribution is 2.37. The van der Waals surface area contributed by atoms with Crippen LogP contribution in [0.1, 0.15) is 46.5 Å². The lowest BCUT2D eigenvalue weighted by Gasteiger charge is -2.41. The zero-order valence-corrected chi connectivity index (χ0v) is 13.7. The van der Waals surface area contributed by atoms with Crippen LogP contribution >= 0.6 is 0 Å². The van der Waals surface area contributed by atoms with E-state index in [1.54, 1.807) is 7.11 Å². The van der Waals surface area contributed by atoms with Gasteiger partial charge in [-0.2, -0.15) is 0 Å². The molecular weight excluding hydrogens is 254 g/mol. The van der Waals surface area contributed by atoms with Crippen LogP contribution in [0.15, 0.2) is 0 Å². The van der Waals surface area contributed by atoms with Crippen LogP contribution in [0.2, 0.25) is 0 Å². The summed E-state index contributed by atoms with van der Waals surface area (Å²) in [7, 11) is 1.66. The summed E-state index contributed by atoms with van der Waals surface area (Å²) in [6.45, 7) is 10.5. The van der Waals surface area contributed by atoms with Gasteiger partial charge in [-0.25, -0.2) is 0 Å². The molecule has 0 aromatic carbocycles. The van der Waals surface area contributed by atoms with Crippen molar-refractivity contribution in [2.24, 2.45) is 5.41 Å². The van der Waals surface area contributed by atoms with E-state index in [0.717, 1.165) is 19.6 Å². The Morgan fingerprint density at radius 2 is 1.75 bits per heavy atom. The zero-order chi connectivity index (χ0) is 15.0. The predicted octanol–water partition coefficient (Wildman–Crippen LogP) is 2.30. The van der Waals surface area contributed by atoms with Crippen LogP contribution in [0.3, 0.4) is 0 Å². The van der Waals surface area contributed by atoms with Crippen LogP contribution < -0.4 is 0 Å². The minimum Gasteiger partial charge on any atom is -0.389 e. The van der Waals surface area contributed by atoms with Gasteiger partial charge in [0, 0.05) is 13.7 Å². The maximum Gasteiger partial charge on any atom is 0.0900 e. The van der Waals surface area contributed by atoms with E-state index in [9.17, 15) is 5.11 Å². The van der Waals surface area contributed by atoms with Crippen LogP contribution in [-0.4, -0.2) is 62.2 Å². The second kappa shape index (κ2) is 8.98.